The van der Waals surface area contributed by atoms with E-state index in [0.29, 0.717) is 18.2 Å². The second-order valence-electron chi connectivity index (χ2n) is 6.47. The van der Waals surface area contributed by atoms with E-state index >= 15 is 0 Å². The fourth-order valence-electron chi connectivity index (χ4n) is 2.83. The molecule has 0 amide bonds. The number of aromatic nitrogens is 4. The van der Waals surface area contributed by atoms with Crippen LogP contribution in [0.4, 0.5) is 0 Å². The zero-order chi connectivity index (χ0) is 19.9. The average Bonchev–Trinajstić information content (AvgIpc) is 3.34. The van der Waals surface area contributed by atoms with Crippen LogP contribution in [-0.4, -0.2) is 51.3 Å². The molecule has 0 bridgehead atoms. The molecule has 2 aromatic heterocycles. The SMILES string of the molecule is CCNC(=NCc1nc(-c2ccc(OC)cc2)n[nH]1)N(C)Cc1cccn1C. The van der Waals surface area contributed by atoms with Crippen LogP contribution in [0.15, 0.2) is 47.6 Å². The van der Waals surface area contributed by atoms with Crippen LogP contribution in [0.5, 0.6) is 5.75 Å². The predicted octanol–water partition coefficient (Wildman–Crippen LogP) is 2.42. The monoisotopic (exact) mass is 381 g/mol. The first-order chi connectivity index (χ1) is 13.6. The van der Waals surface area contributed by atoms with Gasteiger partial charge in [0.2, 0.25) is 0 Å². The molecule has 148 valence electrons. The Hall–Kier alpha value is -3.29. The molecule has 3 rings (SSSR count). The Bertz CT molecular complexity index is 911. The first kappa shape index (κ1) is 19.5. The first-order valence-corrected chi connectivity index (χ1v) is 9.26. The molecule has 0 fully saturated rings. The minimum absolute atomic E-state index is 0.420. The van der Waals surface area contributed by atoms with Crippen molar-refractivity contribution in [2.45, 2.75) is 20.0 Å². The number of aliphatic imine (C=N–C) groups is 1. The van der Waals surface area contributed by atoms with Gasteiger partial charge < -0.3 is 19.5 Å². The standard InChI is InChI=1S/C20H27N7O/c1-5-21-20(27(3)14-16-7-6-12-26(16)2)22-13-18-23-19(25-24-18)15-8-10-17(28-4)11-9-15/h6-12H,5,13-14H2,1-4H3,(H,21,22)(H,23,24,25). The van der Waals surface area contributed by atoms with Crippen LogP contribution in [0.3, 0.4) is 0 Å². The van der Waals surface area contributed by atoms with Crippen molar-refractivity contribution in [2.24, 2.45) is 12.0 Å². The maximum absolute atomic E-state index is 5.19. The predicted molar refractivity (Wildman–Crippen MR) is 110 cm³/mol. The fraction of sp³-hybridized carbons (Fsp3) is 0.350. The highest BCUT2D eigenvalue weighted by Gasteiger charge is 2.10. The average molecular weight is 381 g/mol. The maximum atomic E-state index is 5.19. The number of hydrogen-bond acceptors (Lipinski definition) is 4. The number of aryl methyl sites for hydroxylation is 1. The maximum Gasteiger partial charge on any atom is 0.194 e. The minimum atomic E-state index is 0.420. The van der Waals surface area contributed by atoms with Gasteiger partial charge in [-0.25, -0.2) is 9.98 Å². The largest absolute Gasteiger partial charge is 0.497 e. The third-order valence-corrected chi connectivity index (χ3v) is 4.41. The van der Waals surface area contributed by atoms with E-state index < -0.39 is 0 Å². The Morgan fingerprint density at radius 2 is 2.07 bits per heavy atom. The highest BCUT2D eigenvalue weighted by molar-refractivity contribution is 5.79. The summed E-state index contributed by atoms with van der Waals surface area (Å²) in [5.74, 6) is 3.00. The van der Waals surface area contributed by atoms with Crippen molar-refractivity contribution < 1.29 is 4.74 Å². The molecular formula is C20H27N7O. The van der Waals surface area contributed by atoms with Crippen LogP contribution in [-0.2, 0) is 20.1 Å². The number of nitrogens with zero attached hydrogens (tertiary/aromatic N) is 5. The molecule has 0 atom stereocenters. The number of aromatic amines is 1. The van der Waals surface area contributed by atoms with Crippen LogP contribution in [0.1, 0.15) is 18.4 Å². The van der Waals surface area contributed by atoms with Gasteiger partial charge in [0.15, 0.2) is 11.8 Å². The Kier molecular flexibility index (Phi) is 6.31. The molecule has 0 saturated heterocycles. The molecule has 2 N–H and O–H groups in total. The van der Waals surface area contributed by atoms with Crippen LogP contribution in [0.2, 0.25) is 0 Å². The van der Waals surface area contributed by atoms with E-state index in [1.165, 1.54) is 5.69 Å². The number of guanidine groups is 1. The Morgan fingerprint density at radius 3 is 2.71 bits per heavy atom. The number of ether oxygens (including phenoxy) is 1. The summed E-state index contributed by atoms with van der Waals surface area (Å²) in [6, 6.07) is 11.8. The molecule has 0 saturated carbocycles. The molecule has 3 aromatic rings. The molecule has 0 unspecified atom stereocenters. The quantitative estimate of drug-likeness (QED) is 0.485. The van der Waals surface area contributed by atoms with Crippen molar-refractivity contribution in [2.75, 3.05) is 20.7 Å². The van der Waals surface area contributed by atoms with Gasteiger partial charge in [-0.1, -0.05) is 0 Å². The van der Waals surface area contributed by atoms with Gasteiger partial charge in [0.1, 0.15) is 18.1 Å². The van der Waals surface area contributed by atoms with Crippen molar-refractivity contribution in [3.63, 3.8) is 0 Å². The van der Waals surface area contributed by atoms with Crippen LogP contribution in [0, 0.1) is 0 Å². The van der Waals surface area contributed by atoms with Crippen molar-refractivity contribution >= 4 is 5.96 Å². The second-order valence-corrected chi connectivity index (χ2v) is 6.47. The summed E-state index contributed by atoms with van der Waals surface area (Å²) in [7, 11) is 5.72. The number of nitrogens with one attached hydrogen (secondary N) is 2. The van der Waals surface area contributed by atoms with Gasteiger partial charge in [-0.2, -0.15) is 5.10 Å². The zero-order valence-electron chi connectivity index (χ0n) is 16.8. The van der Waals surface area contributed by atoms with E-state index in [1.54, 1.807) is 7.11 Å². The van der Waals surface area contributed by atoms with Gasteiger partial charge >= 0.3 is 0 Å². The number of H-pyrrole nitrogens is 1. The summed E-state index contributed by atoms with van der Waals surface area (Å²) in [5, 5.41) is 10.6. The van der Waals surface area contributed by atoms with Crippen molar-refractivity contribution in [1.82, 2.24) is 30.0 Å². The molecule has 8 nitrogen and oxygen atoms in total. The van der Waals surface area contributed by atoms with E-state index in [-0.39, 0.29) is 0 Å². The molecule has 0 aliphatic carbocycles. The van der Waals surface area contributed by atoms with Crippen molar-refractivity contribution in [3.8, 4) is 17.1 Å². The molecule has 0 aliphatic rings. The van der Waals surface area contributed by atoms with E-state index in [9.17, 15) is 0 Å². The van der Waals surface area contributed by atoms with Gasteiger partial charge in [0, 0.05) is 38.1 Å². The van der Waals surface area contributed by atoms with Gasteiger partial charge in [-0.3, -0.25) is 5.10 Å². The lowest BCUT2D eigenvalue weighted by atomic mass is 10.2. The zero-order valence-corrected chi connectivity index (χ0v) is 16.8. The minimum Gasteiger partial charge on any atom is -0.497 e. The van der Waals surface area contributed by atoms with Crippen LogP contribution in [0.25, 0.3) is 11.4 Å². The summed E-state index contributed by atoms with van der Waals surface area (Å²) in [6.45, 7) is 4.04. The smallest absolute Gasteiger partial charge is 0.194 e. The number of benzene rings is 1. The van der Waals surface area contributed by atoms with Crippen molar-refractivity contribution in [1.29, 1.82) is 0 Å². The van der Waals surface area contributed by atoms with E-state index in [2.05, 4.69) is 43.0 Å². The van der Waals surface area contributed by atoms with Gasteiger partial charge in [-0.05, 0) is 43.3 Å². The third-order valence-electron chi connectivity index (χ3n) is 4.41. The number of rotatable bonds is 7. The lowest BCUT2D eigenvalue weighted by Gasteiger charge is -2.22. The summed E-state index contributed by atoms with van der Waals surface area (Å²) >= 11 is 0. The number of methoxy groups -OCH3 is 1. The second kappa shape index (κ2) is 9.07. The van der Waals surface area contributed by atoms with E-state index in [1.807, 2.05) is 50.6 Å². The summed E-state index contributed by atoms with van der Waals surface area (Å²) in [5.41, 5.74) is 2.15. The highest BCUT2D eigenvalue weighted by Crippen LogP contribution is 2.19. The van der Waals surface area contributed by atoms with Gasteiger partial charge in [0.25, 0.3) is 0 Å². The fourth-order valence-corrected chi connectivity index (χ4v) is 2.83. The van der Waals surface area contributed by atoms with Crippen molar-refractivity contribution in [3.05, 3.63) is 54.1 Å². The highest BCUT2D eigenvalue weighted by atomic mass is 16.5. The molecule has 0 aliphatic heterocycles. The molecule has 0 spiro atoms. The molecular weight excluding hydrogens is 354 g/mol. The molecule has 2 heterocycles. The summed E-state index contributed by atoms with van der Waals surface area (Å²) in [4.78, 5) is 11.3. The molecule has 8 heteroatoms. The topological polar surface area (TPSA) is 83.4 Å². The van der Waals surface area contributed by atoms with E-state index in [4.69, 9.17) is 9.73 Å². The molecule has 1 aromatic carbocycles. The molecule has 28 heavy (non-hydrogen) atoms. The summed E-state index contributed by atoms with van der Waals surface area (Å²) < 4.78 is 7.29. The normalized spacial score (nSPS) is 11.5. The lowest BCUT2D eigenvalue weighted by molar-refractivity contribution is 0.415. The summed E-state index contributed by atoms with van der Waals surface area (Å²) in [6.07, 6.45) is 2.04. The van der Waals surface area contributed by atoms with Gasteiger partial charge in [0.05, 0.1) is 13.7 Å². The number of hydrogen-bond donors (Lipinski definition) is 2. The Labute approximate surface area is 165 Å². The third kappa shape index (κ3) is 4.70. The first-order valence-electron chi connectivity index (χ1n) is 9.26. The van der Waals surface area contributed by atoms with Crippen LogP contribution < -0.4 is 10.1 Å². The van der Waals surface area contributed by atoms with E-state index in [0.717, 1.165) is 30.4 Å². The molecule has 0 radical (unpaired) electrons. The lowest BCUT2D eigenvalue weighted by Crippen LogP contribution is -2.38. The Balaban J connectivity index is 1.68. The Morgan fingerprint density at radius 1 is 1.29 bits per heavy atom. The van der Waals surface area contributed by atoms with Gasteiger partial charge in [-0.15, -0.1) is 0 Å². The van der Waals surface area contributed by atoms with Crippen LogP contribution >= 0.6 is 0 Å².